The summed E-state index contributed by atoms with van der Waals surface area (Å²) < 4.78 is 7.13. The highest BCUT2D eigenvalue weighted by atomic mass is 15.1. The summed E-state index contributed by atoms with van der Waals surface area (Å²) in [6, 6.07) is 61.5. The van der Waals surface area contributed by atoms with Crippen LogP contribution in [0, 0.1) is 0 Å². The van der Waals surface area contributed by atoms with Gasteiger partial charge in [-0.3, -0.25) is 4.98 Å². The van der Waals surface area contributed by atoms with Crippen molar-refractivity contribution in [3.05, 3.63) is 195 Å². The number of para-hydroxylation sites is 3. The van der Waals surface area contributed by atoms with Crippen LogP contribution in [0.15, 0.2) is 195 Å². The van der Waals surface area contributed by atoms with Crippen LogP contribution in [0.25, 0.3) is 105 Å². The standard InChI is InChI=1S/C51H32N6/c1-3-9-37(10-4-1)55-46-14-8-7-13-40(46)44-29-50-45(30-49(44)55)43-28-35(18-22-48(43)56(50)38-11-5-2-6-12-38)34-17-21-47-42(27-34)41-24-25-52-32-51(41)57(47)39-19-15-33(16-20-39)36-23-26-53-54-31-36/h1-32H. The van der Waals surface area contributed by atoms with Crippen LogP contribution in [-0.4, -0.2) is 28.9 Å². The summed E-state index contributed by atoms with van der Waals surface area (Å²) in [7, 11) is 0. The molecular formula is C51H32N6. The monoisotopic (exact) mass is 728 g/mol. The van der Waals surface area contributed by atoms with Crippen LogP contribution >= 0.6 is 0 Å². The van der Waals surface area contributed by atoms with E-state index < -0.39 is 0 Å². The zero-order valence-corrected chi connectivity index (χ0v) is 30.7. The van der Waals surface area contributed by atoms with Gasteiger partial charge in [-0.15, -0.1) is 0 Å². The summed E-state index contributed by atoms with van der Waals surface area (Å²) >= 11 is 0. The molecule has 5 aromatic heterocycles. The van der Waals surface area contributed by atoms with Crippen molar-refractivity contribution in [2.24, 2.45) is 0 Å². The van der Waals surface area contributed by atoms with E-state index in [4.69, 9.17) is 0 Å². The summed E-state index contributed by atoms with van der Waals surface area (Å²) in [6.07, 6.45) is 7.37. The highest BCUT2D eigenvalue weighted by Crippen LogP contribution is 2.42. The molecule has 6 heteroatoms. The molecule has 0 N–H and O–H groups in total. The molecule has 0 atom stereocenters. The fraction of sp³-hybridized carbons (Fsp3) is 0. The third-order valence-corrected chi connectivity index (χ3v) is 11.5. The van der Waals surface area contributed by atoms with Gasteiger partial charge in [0.2, 0.25) is 0 Å². The van der Waals surface area contributed by atoms with E-state index in [2.05, 4.69) is 193 Å². The Labute approximate surface area is 327 Å². The van der Waals surface area contributed by atoms with Crippen molar-refractivity contribution in [1.29, 1.82) is 0 Å². The molecule has 6 nitrogen and oxygen atoms in total. The molecular weight excluding hydrogens is 697 g/mol. The lowest BCUT2D eigenvalue weighted by Gasteiger charge is -2.10. The van der Waals surface area contributed by atoms with Crippen LogP contribution in [0.5, 0.6) is 0 Å². The number of hydrogen-bond donors (Lipinski definition) is 0. The number of pyridine rings is 1. The molecule has 0 radical (unpaired) electrons. The first kappa shape index (κ1) is 31.5. The topological polar surface area (TPSA) is 53.5 Å². The lowest BCUT2D eigenvalue weighted by molar-refractivity contribution is 1.03. The van der Waals surface area contributed by atoms with Gasteiger partial charge in [0.1, 0.15) is 0 Å². The number of nitrogens with zero attached hydrogens (tertiary/aromatic N) is 6. The summed E-state index contributed by atoms with van der Waals surface area (Å²) in [5.41, 5.74) is 14.8. The minimum absolute atomic E-state index is 1.04. The maximum Gasteiger partial charge on any atom is 0.0724 e. The first-order chi connectivity index (χ1) is 28.3. The molecule has 0 aliphatic rings. The highest BCUT2D eigenvalue weighted by molar-refractivity contribution is 6.19. The molecule has 0 amide bonds. The highest BCUT2D eigenvalue weighted by Gasteiger charge is 2.20. The second-order valence-electron chi connectivity index (χ2n) is 14.6. The number of fused-ring (bicyclic) bond motifs is 9. The summed E-state index contributed by atoms with van der Waals surface area (Å²) in [4.78, 5) is 4.55. The van der Waals surface area contributed by atoms with E-state index in [-0.39, 0.29) is 0 Å². The van der Waals surface area contributed by atoms with E-state index in [1.165, 1.54) is 65.5 Å². The Morgan fingerprint density at radius 2 is 0.789 bits per heavy atom. The molecule has 0 aliphatic carbocycles. The molecule has 0 fully saturated rings. The molecule has 12 rings (SSSR count). The average molecular weight is 729 g/mol. The normalized spacial score (nSPS) is 11.9. The van der Waals surface area contributed by atoms with Crippen molar-refractivity contribution in [1.82, 2.24) is 28.9 Å². The Bertz CT molecular complexity index is 3490. The van der Waals surface area contributed by atoms with Crippen molar-refractivity contribution >= 4 is 65.4 Å². The Morgan fingerprint density at radius 3 is 1.44 bits per heavy atom. The Morgan fingerprint density at radius 1 is 0.281 bits per heavy atom. The summed E-state index contributed by atoms with van der Waals surface area (Å²) in [5.74, 6) is 0. The van der Waals surface area contributed by atoms with Crippen LogP contribution in [0.4, 0.5) is 0 Å². The van der Waals surface area contributed by atoms with Crippen molar-refractivity contribution in [3.63, 3.8) is 0 Å². The molecule has 0 saturated carbocycles. The summed E-state index contributed by atoms with van der Waals surface area (Å²) in [6.45, 7) is 0. The first-order valence-corrected chi connectivity index (χ1v) is 19.2. The Hall–Kier alpha value is -7.83. The first-order valence-electron chi connectivity index (χ1n) is 19.2. The van der Waals surface area contributed by atoms with Gasteiger partial charge in [-0.05, 0) is 108 Å². The third kappa shape index (κ3) is 4.81. The number of hydrogen-bond acceptors (Lipinski definition) is 3. The average Bonchev–Trinajstić information content (AvgIpc) is 3.91. The van der Waals surface area contributed by atoms with Crippen molar-refractivity contribution in [2.45, 2.75) is 0 Å². The molecule has 0 saturated heterocycles. The number of benzene rings is 7. The van der Waals surface area contributed by atoms with Crippen LogP contribution in [0.2, 0.25) is 0 Å². The molecule has 7 aromatic carbocycles. The van der Waals surface area contributed by atoms with Crippen LogP contribution in [-0.2, 0) is 0 Å². The molecule has 12 aromatic rings. The predicted octanol–water partition coefficient (Wildman–Crippen LogP) is 12.5. The van der Waals surface area contributed by atoms with Crippen LogP contribution in [0.3, 0.4) is 0 Å². The molecule has 0 aliphatic heterocycles. The summed E-state index contributed by atoms with van der Waals surface area (Å²) in [5, 5.41) is 15.3. The minimum Gasteiger partial charge on any atom is -0.309 e. The number of aromatic nitrogens is 6. The fourth-order valence-electron chi connectivity index (χ4n) is 8.96. The van der Waals surface area contributed by atoms with Gasteiger partial charge in [0, 0.05) is 61.1 Å². The van der Waals surface area contributed by atoms with Gasteiger partial charge in [0.15, 0.2) is 0 Å². The van der Waals surface area contributed by atoms with Gasteiger partial charge in [-0.25, -0.2) is 0 Å². The maximum atomic E-state index is 4.55. The molecule has 266 valence electrons. The zero-order chi connectivity index (χ0) is 37.5. The van der Waals surface area contributed by atoms with Gasteiger partial charge in [0.25, 0.3) is 0 Å². The van der Waals surface area contributed by atoms with Crippen LogP contribution in [0.1, 0.15) is 0 Å². The quantitative estimate of drug-likeness (QED) is 0.177. The molecule has 0 unspecified atom stereocenters. The Kier molecular flexibility index (Phi) is 6.83. The molecule has 0 spiro atoms. The maximum absolute atomic E-state index is 4.55. The molecule has 0 bridgehead atoms. The molecule has 57 heavy (non-hydrogen) atoms. The largest absolute Gasteiger partial charge is 0.309 e. The minimum atomic E-state index is 1.04. The van der Waals surface area contributed by atoms with E-state index in [1.807, 2.05) is 18.5 Å². The van der Waals surface area contributed by atoms with Crippen molar-refractivity contribution in [2.75, 3.05) is 0 Å². The van der Waals surface area contributed by atoms with Crippen molar-refractivity contribution < 1.29 is 0 Å². The lowest BCUT2D eigenvalue weighted by Crippen LogP contribution is -1.94. The lowest BCUT2D eigenvalue weighted by atomic mass is 10.0. The van der Waals surface area contributed by atoms with Crippen LogP contribution < -0.4 is 0 Å². The van der Waals surface area contributed by atoms with E-state index >= 15 is 0 Å². The van der Waals surface area contributed by atoms with Gasteiger partial charge >= 0.3 is 0 Å². The Balaban J connectivity index is 1.07. The van der Waals surface area contributed by atoms with Gasteiger partial charge in [-0.1, -0.05) is 78.9 Å². The second kappa shape index (κ2) is 12.3. The predicted molar refractivity (Wildman–Crippen MR) is 234 cm³/mol. The molecule has 5 heterocycles. The van der Waals surface area contributed by atoms with E-state index in [0.29, 0.717) is 0 Å². The van der Waals surface area contributed by atoms with Gasteiger partial charge < -0.3 is 13.7 Å². The SMILES string of the molecule is c1ccc(-n2c3ccccc3c3cc4c(cc32)c2cc(-c3ccc5c(c3)c3ccncc3n5-c3ccc(-c5ccnnc5)cc3)ccc2n4-c2ccccc2)cc1. The van der Waals surface area contributed by atoms with Gasteiger partial charge in [-0.2, -0.15) is 10.2 Å². The van der Waals surface area contributed by atoms with Crippen molar-refractivity contribution in [3.8, 4) is 39.3 Å². The van der Waals surface area contributed by atoms with E-state index in [0.717, 1.165) is 39.2 Å². The van der Waals surface area contributed by atoms with E-state index in [1.54, 1.807) is 12.4 Å². The zero-order valence-electron chi connectivity index (χ0n) is 30.7. The van der Waals surface area contributed by atoms with E-state index in [9.17, 15) is 0 Å². The smallest absolute Gasteiger partial charge is 0.0724 e. The second-order valence-corrected chi connectivity index (χ2v) is 14.6. The van der Waals surface area contributed by atoms with Gasteiger partial charge in [0.05, 0.1) is 51.7 Å². The third-order valence-electron chi connectivity index (χ3n) is 11.5. The number of rotatable bonds is 5. The fourth-order valence-corrected chi connectivity index (χ4v) is 8.96.